The van der Waals surface area contributed by atoms with Crippen molar-refractivity contribution in [3.8, 4) is 5.69 Å². The molecule has 3 aromatic rings. The predicted molar refractivity (Wildman–Crippen MR) is 96.9 cm³/mol. The fraction of sp³-hybridized carbons (Fsp3) is 0.353. The largest absolute Gasteiger partial charge is 0.441 e. The molecule has 1 atom stereocenters. The maximum Gasteiger partial charge on any atom is 0.414 e. The maximum atomic E-state index is 14.8. The molecule has 12 heteroatoms. The van der Waals surface area contributed by atoms with E-state index in [1.54, 1.807) is 25.4 Å². The summed E-state index contributed by atoms with van der Waals surface area (Å²) in [6.07, 6.45) is 0.563. The molecule has 2 aromatic heterocycles. The molecule has 0 radical (unpaired) electrons. The van der Waals surface area contributed by atoms with Gasteiger partial charge in [-0.15, -0.1) is 5.10 Å². The number of amides is 1. The molecule has 0 spiro atoms. The summed E-state index contributed by atoms with van der Waals surface area (Å²) in [6.45, 7) is 0.970. The van der Waals surface area contributed by atoms with Gasteiger partial charge in [0.25, 0.3) is 5.95 Å². The number of tetrazole rings is 1. The minimum absolute atomic E-state index is 0.177. The van der Waals surface area contributed by atoms with Crippen LogP contribution in [0.1, 0.15) is 11.3 Å². The molecule has 1 amide bonds. The number of carbonyl (C=O) groups is 1. The highest BCUT2D eigenvalue weighted by Crippen LogP contribution is 2.28. The number of ether oxygens (including phenoxy) is 1. The SMILES string of the molecule is Cn1nnc(N2Cc3cn(-c4ccc(N5CC(CO)OC5=O)cc4F)nc3C2)n1. The van der Waals surface area contributed by atoms with E-state index in [-0.39, 0.29) is 18.8 Å². The first kappa shape index (κ1) is 17.6. The molecule has 1 aromatic carbocycles. The first-order chi connectivity index (χ1) is 14.0. The number of anilines is 2. The molecule has 150 valence electrons. The van der Waals surface area contributed by atoms with E-state index in [1.165, 1.54) is 20.4 Å². The van der Waals surface area contributed by atoms with E-state index in [2.05, 4.69) is 20.5 Å². The smallest absolute Gasteiger partial charge is 0.414 e. The lowest BCUT2D eigenvalue weighted by atomic mass is 10.2. The molecule has 1 N–H and O–H groups in total. The predicted octanol–water partition coefficient (Wildman–Crippen LogP) is 0.373. The van der Waals surface area contributed by atoms with E-state index >= 15 is 0 Å². The minimum Gasteiger partial charge on any atom is -0.441 e. The van der Waals surface area contributed by atoms with Crippen LogP contribution in [0.5, 0.6) is 0 Å². The molecule has 2 aliphatic heterocycles. The molecular weight excluding hydrogens is 383 g/mol. The Kier molecular flexibility index (Phi) is 3.94. The molecule has 4 heterocycles. The third-order valence-corrected chi connectivity index (χ3v) is 4.93. The van der Waals surface area contributed by atoms with Gasteiger partial charge in [0.1, 0.15) is 11.8 Å². The highest BCUT2D eigenvalue weighted by molar-refractivity contribution is 5.89. The fourth-order valence-electron chi connectivity index (χ4n) is 3.50. The van der Waals surface area contributed by atoms with Crippen LogP contribution in [0.15, 0.2) is 24.4 Å². The van der Waals surface area contributed by atoms with Crippen LogP contribution in [-0.2, 0) is 24.9 Å². The number of aliphatic hydroxyl groups excluding tert-OH is 1. The number of aliphatic hydroxyl groups is 1. The van der Waals surface area contributed by atoms with Gasteiger partial charge in [-0.3, -0.25) is 4.90 Å². The van der Waals surface area contributed by atoms with Crippen LogP contribution < -0.4 is 9.80 Å². The second-order valence-electron chi connectivity index (χ2n) is 6.92. The van der Waals surface area contributed by atoms with E-state index in [1.807, 2.05) is 4.90 Å². The van der Waals surface area contributed by atoms with Gasteiger partial charge in [0.15, 0.2) is 5.82 Å². The molecule has 29 heavy (non-hydrogen) atoms. The third kappa shape index (κ3) is 2.97. The summed E-state index contributed by atoms with van der Waals surface area (Å²) in [5.41, 5.74) is 2.41. The van der Waals surface area contributed by atoms with Gasteiger partial charge in [0.2, 0.25) is 0 Å². The maximum absolute atomic E-state index is 14.8. The lowest BCUT2D eigenvalue weighted by molar-refractivity contribution is 0.0963. The van der Waals surface area contributed by atoms with Crippen LogP contribution in [0.2, 0.25) is 0 Å². The van der Waals surface area contributed by atoms with Gasteiger partial charge in [-0.05, 0) is 23.4 Å². The van der Waals surface area contributed by atoms with Crippen molar-refractivity contribution >= 4 is 17.7 Å². The van der Waals surface area contributed by atoms with E-state index in [0.29, 0.717) is 24.7 Å². The number of cyclic esters (lactones) is 1. The van der Waals surface area contributed by atoms with Gasteiger partial charge in [-0.25, -0.2) is 13.9 Å². The Hall–Kier alpha value is -3.54. The van der Waals surface area contributed by atoms with Gasteiger partial charge in [0, 0.05) is 18.3 Å². The Bertz CT molecular complexity index is 1070. The molecule has 11 nitrogen and oxygen atoms in total. The first-order valence-electron chi connectivity index (χ1n) is 8.97. The second-order valence-corrected chi connectivity index (χ2v) is 6.92. The Morgan fingerprint density at radius 1 is 1.31 bits per heavy atom. The van der Waals surface area contributed by atoms with Gasteiger partial charge in [-0.1, -0.05) is 5.10 Å². The van der Waals surface area contributed by atoms with E-state index in [9.17, 15) is 9.18 Å². The molecule has 0 bridgehead atoms. The average molecular weight is 400 g/mol. The summed E-state index contributed by atoms with van der Waals surface area (Å²) in [6, 6.07) is 4.45. The number of halogens is 1. The number of aromatic nitrogens is 6. The number of rotatable bonds is 4. The number of nitrogens with zero attached hydrogens (tertiary/aromatic N) is 8. The lowest BCUT2D eigenvalue weighted by Crippen LogP contribution is -2.25. The van der Waals surface area contributed by atoms with E-state index in [4.69, 9.17) is 9.84 Å². The van der Waals surface area contributed by atoms with Crippen LogP contribution in [0.4, 0.5) is 20.8 Å². The van der Waals surface area contributed by atoms with Gasteiger partial charge in [-0.2, -0.15) is 9.90 Å². The summed E-state index contributed by atoms with van der Waals surface area (Å²) in [4.78, 5) is 16.5. The van der Waals surface area contributed by atoms with Crippen molar-refractivity contribution in [3.63, 3.8) is 0 Å². The molecule has 2 aliphatic rings. The molecule has 5 rings (SSSR count). The molecule has 0 saturated carbocycles. The number of benzene rings is 1. The van der Waals surface area contributed by atoms with Crippen LogP contribution in [0.3, 0.4) is 0 Å². The van der Waals surface area contributed by atoms with Crippen LogP contribution in [0.25, 0.3) is 5.69 Å². The number of aryl methyl sites for hydroxylation is 1. The van der Waals surface area contributed by atoms with E-state index in [0.717, 1.165) is 11.3 Å². The first-order valence-corrected chi connectivity index (χ1v) is 8.97. The molecule has 0 aliphatic carbocycles. The zero-order chi connectivity index (χ0) is 20.1. The zero-order valence-electron chi connectivity index (χ0n) is 15.4. The number of fused-ring (bicyclic) bond motifs is 1. The molecular formula is C17H17FN8O3. The standard InChI is InChI=1S/C17H17FN8O3/c1-23-21-16(19-22-23)24-5-10-6-26(20-14(10)8-24)15-3-2-11(4-13(15)18)25-7-12(9-27)29-17(25)28/h2-4,6,12,27H,5,7-9H2,1H3. The van der Waals surface area contributed by atoms with Crippen LogP contribution >= 0.6 is 0 Å². The molecule has 1 saturated heterocycles. The van der Waals surface area contributed by atoms with Crippen molar-refractivity contribution in [2.45, 2.75) is 19.2 Å². The molecule has 1 unspecified atom stereocenters. The summed E-state index contributed by atoms with van der Waals surface area (Å²) in [5.74, 6) is 0.00244. The highest BCUT2D eigenvalue weighted by Gasteiger charge is 2.32. The van der Waals surface area contributed by atoms with Crippen molar-refractivity contribution in [2.24, 2.45) is 7.05 Å². The van der Waals surface area contributed by atoms with Crippen LogP contribution in [0, 0.1) is 5.82 Å². The van der Waals surface area contributed by atoms with Gasteiger partial charge in [0.05, 0.1) is 38.1 Å². The van der Waals surface area contributed by atoms with Crippen molar-refractivity contribution in [1.82, 2.24) is 30.0 Å². The molecule has 1 fully saturated rings. The average Bonchev–Trinajstić information content (AvgIpc) is 3.44. The Labute approximate surface area is 163 Å². The van der Waals surface area contributed by atoms with Crippen molar-refractivity contribution in [1.29, 1.82) is 0 Å². The van der Waals surface area contributed by atoms with Crippen molar-refractivity contribution in [3.05, 3.63) is 41.5 Å². The van der Waals surface area contributed by atoms with Gasteiger partial charge < -0.3 is 14.7 Å². The number of hydrogen-bond acceptors (Lipinski definition) is 8. The Balaban J connectivity index is 1.36. The lowest BCUT2D eigenvalue weighted by Gasteiger charge is -2.15. The zero-order valence-corrected chi connectivity index (χ0v) is 15.4. The highest BCUT2D eigenvalue weighted by atomic mass is 19.1. The number of carbonyl (C=O) groups excluding carboxylic acids is 1. The van der Waals surface area contributed by atoms with Crippen molar-refractivity contribution < 1.29 is 19.0 Å². The Morgan fingerprint density at radius 3 is 2.83 bits per heavy atom. The Morgan fingerprint density at radius 2 is 2.17 bits per heavy atom. The second kappa shape index (κ2) is 6.51. The topological polar surface area (TPSA) is 114 Å². The van der Waals surface area contributed by atoms with Crippen LogP contribution in [-0.4, -0.2) is 60.4 Å². The quantitative estimate of drug-likeness (QED) is 0.668. The summed E-state index contributed by atoms with van der Waals surface area (Å²) >= 11 is 0. The van der Waals surface area contributed by atoms with Gasteiger partial charge >= 0.3 is 6.09 Å². The van der Waals surface area contributed by atoms with E-state index < -0.39 is 18.0 Å². The monoisotopic (exact) mass is 400 g/mol. The van der Waals surface area contributed by atoms with Crippen molar-refractivity contribution in [2.75, 3.05) is 23.0 Å². The minimum atomic E-state index is -0.605. The summed E-state index contributed by atoms with van der Waals surface area (Å²) in [7, 11) is 1.70. The third-order valence-electron chi connectivity index (χ3n) is 4.93. The fourth-order valence-corrected chi connectivity index (χ4v) is 3.50. The normalized spacial score (nSPS) is 18.4. The number of hydrogen-bond donors (Lipinski definition) is 1. The summed E-state index contributed by atoms with van der Waals surface area (Å²) < 4.78 is 21.3. The summed E-state index contributed by atoms with van der Waals surface area (Å²) in [5, 5.41) is 25.6.